The van der Waals surface area contributed by atoms with Crippen LogP contribution < -0.4 is 9.47 Å². The molecule has 0 spiro atoms. The highest BCUT2D eigenvalue weighted by molar-refractivity contribution is 5.84. The Hall–Kier alpha value is -1.75. The van der Waals surface area contributed by atoms with Crippen LogP contribution in [0.15, 0.2) is 12.1 Å². The fourth-order valence-electron chi connectivity index (χ4n) is 5.55. The highest BCUT2D eigenvalue weighted by Gasteiger charge is 2.23. The summed E-state index contributed by atoms with van der Waals surface area (Å²) in [7, 11) is 3.14. The van der Waals surface area contributed by atoms with Gasteiger partial charge in [-0.2, -0.15) is 0 Å². The van der Waals surface area contributed by atoms with Crippen molar-refractivity contribution in [3.8, 4) is 17.2 Å². The van der Waals surface area contributed by atoms with Gasteiger partial charge in [0.2, 0.25) is 0 Å². The molecule has 1 N–H and O–H groups in total. The summed E-state index contributed by atoms with van der Waals surface area (Å²) in [6.07, 6.45) is 20.5. The molecule has 1 unspecified atom stereocenters. The summed E-state index contributed by atoms with van der Waals surface area (Å²) in [5, 5.41) is 9.96. The maximum Gasteiger partial charge on any atom is 0.140 e. The van der Waals surface area contributed by atoms with Gasteiger partial charge >= 0.3 is 0 Å². The van der Waals surface area contributed by atoms with Gasteiger partial charge in [-0.15, -0.1) is 0 Å². The minimum absolute atomic E-state index is 0.0781. The molecule has 1 saturated heterocycles. The smallest absolute Gasteiger partial charge is 0.140 e. The van der Waals surface area contributed by atoms with E-state index in [0.717, 1.165) is 37.8 Å². The molecule has 0 saturated carbocycles. The summed E-state index contributed by atoms with van der Waals surface area (Å²) in [5.74, 6) is 1.47. The summed E-state index contributed by atoms with van der Waals surface area (Å²) in [5.41, 5.74) is 0.742. The highest BCUT2D eigenvalue weighted by atomic mass is 16.5. The molecule has 0 radical (unpaired) electrons. The number of rotatable bonds is 21. The second-order valence-corrected chi connectivity index (χ2v) is 10.7. The third-order valence-electron chi connectivity index (χ3n) is 7.78. The van der Waals surface area contributed by atoms with Crippen molar-refractivity contribution in [2.45, 2.75) is 116 Å². The Morgan fingerprint density at radius 1 is 0.833 bits per heavy atom. The van der Waals surface area contributed by atoms with Gasteiger partial charge in [0.25, 0.3) is 0 Å². The van der Waals surface area contributed by atoms with Crippen LogP contribution in [0.2, 0.25) is 0 Å². The summed E-state index contributed by atoms with van der Waals surface area (Å²) >= 11 is 0. The molecule has 0 amide bonds. The Kier molecular flexibility index (Phi) is 15.6. The molecule has 36 heavy (non-hydrogen) atoms. The highest BCUT2D eigenvalue weighted by Crippen LogP contribution is 2.35. The molecule has 1 atom stereocenters. The number of phenolic OH excluding ortho intramolecular Hbond substituents is 1. The van der Waals surface area contributed by atoms with E-state index in [0.29, 0.717) is 17.9 Å². The summed E-state index contributed by atoms with van der Waals surface area (Å²) in [6.45, 7) is 5.79. The molecular formula is C31H53NO4. The monoisotopic (exact) mass is 503 g/mol. The molecular weight excluding hydrogens is 450 g/mol. The van der Waals surface area contributed by atoms with Crippen LogP contribution in [0.5, 0.6) is 17.2 Å². The first-order valence-corrected chi connectivity index (χ1v) is 14.8. The summed E-state index contributed by atoms with van der Waals surface area (Å²) < 4.78 is 10.9. The average molecular weight is 504 g/mol. The normalized spacial score (nSPS) is 14.8. The Balaban J connectivity index is 1.82. The number of methoxy groups -OCH3 is 2. The number of likely N-dealkylation sites (tertiary alicyclic amines) is 1. The van der Waals surface area contributed by atoms with Gasteiger partial charge < -0.3 is 19.5 Å². The van der Waals surface area contributed by atoms with Crippen molar-refractivity contribution in [2.24, 2.45) is 5.92 Å². The molecule has 0 aliphatic carbocycles. The van der Waals surface area contributed by atoms with Gasteiger partial charge in [-0.25, -0.2) is 0 Å². The Labute approximate surface area is 220 Å². The molecule has 0 bridgehead atoms. The molecule has 1 aromatic rings. The van der Waals surface area contributed by atoms with E-state index in [2.05, 4.69) is 11.8 Å². The number of carbonyl (C=O) groups is 1. The van der Waals surface area contributed by atoms with Crippen LogP contribution in [0.1, 0.15) is 115 Å². The molecule has 5 heteroatoms. The zero-order valence-electron chi connectivity index (χ0n) is 23.5. The van der Waals surface area contributed by atoms with E-state index < -0.39 is 0 Å². The van der Waals surface area contributed by atoms with Gasteiger partial charge in [-0.3, -0.25) is 4.79 Å². The number of ketones is 1. The number of nitrogens with zero attached hydrogens (tertiary/aromatic N) is 1. The first-order chi connectivity index (χ1) is 17.6. The fourth-order valence-corrected chi connectivity index (χ4v) is 5.55. The minimum atomic E-state index is 0.0781. The van der Waals surface area contributed by atoms with Crippen LogP contribution >= 0.6 is 0 Å². The third kappa shape index (κ3) is 11.5. The molecule has 2 rings (SSSR count). The largest absolute Gasteiger partial charge is 0.508 e. The molecule has 1 aromatic carbocycles. The molecule has 0 aromatic heterocycles. The molecule has 1 aliphatic heterocycles. The topological polar surface area (TPSA) is 59.0 Å². The number of unbranched alkanes of at least 4 members (excludes halogenated alkanes) is 10. The van der Waals surface area contributed by atoms with E-state index in [1.807, 2.05) is 0 Å². The average Bonchev–Trinajstić information content (AvgIpc) is 3.40. The van der Waals surface area contributed by atoms with Crippen LogP contribution in [0.25, 0.3) is 0 Å². The number of Topliss-reactive ketones (excluding diaryl/α,β-unsaturated/α-hetero) is 1. The van der Waals surface area contributed by atoms with E-state index >= 15 is 0 Å². The van der Waals surface area contributed by atoms with E-state index in [9.17, 15) is 9.90 Å². The number of carbonyl (C=O) groups excluding carboxylic acids is 1. The Bertz CT molecular complexity index is 704. The van der Waals surface area contributed by atoms with Crippen molar-refractivity contribution < 1.29 is 19.4 Å². The lowest BCUT2D eigenvalue weighted by Crippen LogP contribution is -2.23. The van der Waals surface area contributed by atoms with E-state index in [1.165, 1.54) is 90.1 Å². The van der Waals surface area contributed by atoms with Crippen molar-refractivity contribution in [3.05, 3.63) is 17.7 Å². The van der Waals surface area contributed by atoms with Crippen LogP contribution in [0, 0.1) is 5.92 Å². The van der Waals surface area contributed by atoms with Gasteiger partial charge in [0.15, 0.2) is 0 Å². The van der Waals surface area contributed by atoms with Crippen LogP contribution in [-0.2, 0) is 11.2 Å². The first-order valence-electron chi connectivity index (χ1n) is 14.8. The molecule has 206 valence electrons. The molecule has 1 aliphatic rings. The standard InChI is InChI=1S/C31H53NO4/c1-4-5-6-7-8-9-10-11-12-13-14-18-26(19-17-22-32-20-15-16-21-32)29(34)25-28-30(35-2)23-27(33)24-31(28)36-3/h23-24,26,33H,4-22,25H2,1-3H3. The lowest BCUT2D eigenvalue weighted by molar-refractivity contribution is -0.122. The summed E-state index contributed by atoms with van der Waals surface area (Å²) in [6, 6.07) is 3.13. The van der Waals surface area contributed by atoms with Gasteiger partial charge in [-0.05, 0) is 51.7 Å². The molecule has 1 heterocycles. The first kappa shape index (κ1) is 30.5. The maximum atomic E-state index is 13.5. The molecule has 1 fully saturated rings. The van der Waals surface area contributed by atoms with Crippen LogP contribution in [-0.4, -0.2) is 49.6 Å². The third-order valence-corrected chi connectivity index (χ3v) is 7.78. The number of hydrogen-bond acceptors (Lipinski definition) is 5. The van der Waals surface area contributed by atoms with Crippen LogP contribution in [0.3, 0.4) is 0 Å². The van der Waals surface area contributed by atoms with Crippen molar-refractivity contribution in [2.75, 3.05) is 33.9 Å². The second kappa shape index (κ2) is 18.5. The zero-order chi connectivity index (χ0) is 26.0. The zero-order valence-corrected chi connectivity index (χ0v) is 23.5. The van der Waals surface area contributed by atoms with Crippen LogP contribution in [0.4, 0.5) is 0 Å². The molecule has 5 nitrogen and oxygen atoms in total. The summed E-state index contributed by atoms with van der Waals surface area (Å²) in [4.78, 5) is 16.0. The van der Waals surface area contributed by atoms with E-state index in [-0.39, 0.29) is 17.5 Å². The van der Waals surface area contributed by atoms with Gasteiger partial charge in [0.05, 0.1) is 14.2 Å². The maximum absolute atomic E-state index is 13.5. The number of aromatic hydroxyl groups is 1. The quantitative estimate of drug-likeness (QED) is 0.174. The Morgan fingerprint density at radius 3 is 1.86 bits per heavy atom. The van der Waals surface area contributed by atoms with E-state index in [1.54, 1.807) is 26.4 Å². The van der Waals surface area contributed by atoms with Crippen molar-refractivity contribution in [1.82, 2.24) is 4.90 Å². The number of ether oxygens (including phenoxy) is 2. The number of hydrogen-bond donors (Lipinski definition) is 1. The fraction of sp³-hybridized carbons (Fsp3) is 0.774. The second-order valence-electron chi connectivity index (χ2n) is 10.7. The van der Waals surface area contributed by atoms with Gasteiger partial charge in [-0.1, -0.05) is 77.6 Å². The van der Waals surface area contributed by atoms with Gasteiger partial charge in [0, 0.05) is 30.0 Å². The predicted octanol–water partition coefficient (Wildman–Crippen LogP) is 7.71. The van der Waals surface area contributed by atoms with Crippen molar-refractivity contribution >= 4 is 5.78 Å². The number of benzene rings is 1. The lowest BCUT2D eigenvalue weighted by Gasteiger charge is -2.20. The minimum Gasteiger partial charge on any atom is -0.508 e. The van der Waals surface area contributed by atoms with Crippen molar-refractivity contribution in [3.63, 3.8) is 0 Å². The SMILES string of the molecule is CCCCCCCCCCCCCC(CCCN1CCCC1)C(=O)Cc1c(OC)cc(O)cc1OC. The number of phenols is 1. The lowest BCUT2D eigenvalue weighted by atomic mass is 9.88. The predicted molar refractivity (Wildman–Crippen MR) is 149 cm³/mol. The van der Waals surface area contributed by atoms with Crippen molar-refractivity contribution in [1.29, 1.82) is 0 Å². The van der Waals surface area contributed by atoms with Gasteiger partial charge in [0.1, 0.15) is 23.0 Å². The van der Waals surface area contributed by atoms with E-state index in [4.69, 9.17) is 9.47 Å². The Morgan fingerprint density at radius 2 is 1.33 bits per heavy atom.